The lowest BCUT2D eigenvalue weighted by molar-refractivity contribution is -0.141. The van der Waals surface area contributed by atoms with Gasteiger partial charge in [-0.3, -0.25) is 24.2 Å². The number of fused-ring (bicyclic) bond motifs is 5. The van der Waals surface area contributed by atoms with Gasteiger partial charge in [0.1, 0.15) is 17.3 Å². The molecule has 4 aliphatic rings. The highest BCUT2D eigenvalue weighted by Gasteiger charge is 2.68. The lowest BCUT2D eigenvalue weighted by Gasteiger charge is -2.49. The number of anilines is 2. The summed E-state index contributed by atoms with van der Waals surface area (Å²) in [7, 11) is 1.22. The number of aromatic nitrogens is 1. The number of phenolic OH excluding ortho intramolecular Hbond substituents is 1. The molecule has 2 aliphatic carbocycles. The number of phenols is 1. The summed E-state index contributed by atoms with van der Waals surface area (Å²) in [5.41, 5.74) is -1.85. The minimum absolute atomic E-state index is 0.0280. The Morgan fingerprint density at radius 3 is 2.38 bits per heavy atom. The van der Waals surface area contributed by atoms with Gasteiger partial charge in [0.15, 0.2) is 5.82 Å². The van der Waals surface area contributed by atoms with Crippen molar-refractivity contribution in [1.82, 2.24) is 9.99 Å². The van der Waals surface area contributed by atoms with E-state index in [1.807, 2.05) is 0 Å². The highest BCUT2D eigenvalue weighted by molar-refractivity contribution is 6.33. The van der Waals surface area contributed by atoms with Crippen molar-refractivity contribution in [2.75, 3.05) is 17.0 Å². The minimum atomic E-state index is -4.83. The summed E-state index contributed by atoms with van der Waals surface area (Å²) in [5, 5.41) is 14.1. The zero-order chi connectivity index (χ0) is 37.9. The van der Waals surface area contributed by atoms with Crippen molar-refractivity contribution in [3.8, 4) is 5.75 Å². The number of allylic oxidation sites excluding steroid dienone is 2. The SMILES string of the molecule is CN(c1nc(C(F)(F)F)ccc1Cl)N1C(=O)C2CC=C3C(CC4C(=O)N(c5ccc(F)c(Cl)c5)C(=O)C4(C)C3c3ccc4ccccc4c3O)C2C1=O. The van der Waals surface area contributed by atoms with Gasteiger partial charge in [-0.2, -0.15) is 18.2 Å². The number of amides is 4. The third-order valence-electron chi connectivity index (χ3n) is 11.4. The first-order chi connectivity index (χ1) is 25.0. The number of imide groups is 2. The summed E-state index contributed by atoms with van der Waals surface area (Å²) in [6, 6.07) is 15.7. The Kier molecular flexibility index (Phi) is 7.94. The maximum Gasteiger partial charge on any atom is 0.433 e. The van der Waals surface area contributed by atoms with Crippen LogP contribution in [0.3, 0.4) is 0 Å². The van der Waals surface area contributed by atoms with Crippen LogP contribution in [-0.2, 0) is 25.4 Å². The molecule has 4 aromatic rings. The van der Waals surface area contributed by atoms with Gasteiger partial charge in [-0.15, -0.1) is 0 Å². The predicted molar refractivity (Wildman–Crippen MR) is 186 cm³/mol. The standard InChI is InChI=1S/C38H28Cl2F4N4O5/c1-37-24(34(51)47(36(37)53)18-8-13-27(41)26(40)15-18)16-23-20(30(37)22-9-7-17-5-3-4-6-19(17)31(22)49)10-11-21-29(23)35(52)48(33(21)50)46(2)32-25(39)12-14-28(45-32)38(42,43)44/h3-10,12-15,21,23-24,29-30,49H,11,16H2,1-2H3. The van der Waals surface area contributed by atoms with Crippen LogP contribution in [0.1, 0.15) is 36.9 Å². The van der Waals surface area contributed by atoms with Crippen molar-refractivity contribution in [2.24, 2.45) is 29.1 Å². The average molecular weight is 768 g/mol. The number of benzene rings is 3. The van der Waals surface area contributed by atoms with Gasteiger partial charge in [-0.25, -0.2) is 14.3 Å². The number of rotatable bonds is 4. The van der Waals surface area contributed by atoms with Crippen LogP contribution in [0.15, 0.2) is 78.4 Å². The molecule has 3 heterocycles. The lowest BCUT2D eigenvalue weighted by Crippen LogP contribution is -2.49. The van der Waals surface area contributed by atoms with Crippen molar-refractivity contribution in [3.63, 3.8) is 0 Å². The van der Waals surface area contributed by atoms with E-state index < -0.39 is 82.1 Å². The molecule has 6 atom stereocenters. The summed E-state index contributed by atoms with van der Waals surface area (Å²) >= 11 is 12.3. The fourth-order valence-corrected chi connectivity index (χ4v) is 9.33. The van der Waals surface area contributed by atoms with Gasteiger partial charge in [0.25, 0.3) is 11.8 Å². The maximum absolute atomic E-state index is 14.7. The Labute approximate surface area is 309 Å². The highest BCUT2D eigenvalue weighted by atomic mass is 35.5. The van der Waals surface area contributed by atoms with Gasteiger partial charge >= 0.3 is 6.18 Å². The number of hydrogen-bond acceptors (Lipinski definition) is 7. The van der Waals surface area contributed by atoms with E-state index in [0.717, 1.165) is 27.1 Å². The van der Waals surface area contributed by atoms with Crippen LogP contribution in [0.2, 0.25) is 10.0 Å². The Morgan fingerprint density at radius 2 is 1.66 bits per heavy atom. The zero-order valence-electron chi connectivity index (χ0n) is 27.9. The molecule has 53 heavy (non-hydrogen) atoms. The van der Waals surface area contributed by atoms with E-state index in [9.17, 15) is 41.8 Å². The smallest absolute Gasteiger partial charge is 0.433 e. The van der Waals surface area contributed by atoms with E-state index in [0.29, 0.717) is 28.0 Å². The lowest BCUT2D eigenvalue weighted by atomic mass is 9.51. The van der Waals surface area contributed by atoms with E-state index in [2.05, 4.69) is 4.98 Å². The number of nitrogens with zero attached hydrogens (tertiary/aromatic N) is 4. The second-order valence-electron chi connectivity index (χ2n) is 14.0. The summed E-state index contributed by atoms with van der Waals surface area (Å²) in [5.74, 6) is -8.91. The largest absolute Gasteiger partial charge is 0.507 e. The fourth-order valence-electron chi connectivity index (χ4n) is 8.92. The van der Waals surface area contributed by atoms with Crippen LogP contribution < -0.4 is 9.91 Å². The van der Waals surface area contributed by atoms with E-state index in [1.54, 1.807) is 49.4 Å². The number of hydrogen-bond donors (Lipinski definition) is 1. The Balaban J connectivity index is 1.26. The van der Waals surface area contributed by atoms with Gasteiger partial charge in [-0.1, -0.05) is 71.2 Å². The number of carbonyl (C=O) groups excluding carboxylic acids is 4. The molecule has 0 radical (unpaired) electrons. The maximum atomic E-state index is 14.7. The number of hydrazine groups is 1. The second-order valence-corrected chi connectivity index (χ2v) is 14.8. The van der Waals surface area contributed by atoms with Crippen LogP contribution >= 0.6 is 23.2 Å². The Morgan fingerprint density at radius 1 is 0.925 bits per heavy atom. The van der Waals surface area contributed by atoms with E-state index in [1.165, 1.54) is 19.2 Å². The molecule has 8 rings (SSSR count). The van der Waals surface area contributed by atoms with Crippen LogP contribution in [0.25, 0.3) is 10.8 Å². The second kappa shape index (κ2) is 12.0. The van der Waals surface area contributed by atoms with Crippen molar-refractivity contribution < 1.29 is 41.8 Å². The molecule has 1 aromatic heterocycles. The molecular weight excluding hydrogens is 739 g/mol. The fraction of sp³-hybridized carbons (Fsp3) is 0.289. The first-order valence-corrected chi connectivity index (χ1v) is 17.4. The van der Waals surface area contributed by atoms with Crippen molar-refractivity contribution in [2.45, 2.75) is 31.9 Å². The normalized spacial score (nSPS) is 26.9. The van der Waals surface area contributed by atoms with Crippen molar-refractivity contribution in [3.05, 3.63) is 105 Å². The van der Waals surface area contributed by atoms with E-state index in [4.69, 9.17) is 23.2 Å². The van der Waals surface area contributed by atoms with Crippen molar-refractivity contribution >= 4 is 69.1 Å². The molecule has 2 saturated heterocycles. The van der Waals surface area contributed by atoms with E-state index in [-0.39, 0.29) is 34.3 Å². The molecule has 3 aromatic carbocycles. The van der Waals surface area contributed by atoms with Gasteiger partial charge in [0.2, 0.25) is 11.8 Å². The van der Waals surface area contributed by atoms with Gasteiger partial charge in [0.05, 0.1) is 38.9 Å². The topological polar surface area (TPSA) is 111 Å². The van der Waals surface area contributed by atoms with Gasteiger partial charge < -0.3 is 5.11 Å². The number of carbonyl (C=O) groups is 4. The average Bonchev–Trinajstić information content (AvgIpc) is 3.49. The quantitative estimate of drug-likeness (QED) is 0.129. The van der Waals surface area contributed by atoms with Crippen LogP contribution in [-0.4, -0.2) is 45.8 Å². The molecular formula is C38H28Cl2F4N4O5. The molecule has 0 bridgehead atoms. The molecule has 3 fully saturated rings. The van der Waals surface area contributed by atoms with Crippen molar-refractivity contribution in [1.29, 1.82) is 0 Å². The Bertz CT molecular complexity index is 2340. The molecule has 15 heteroatoms. The summed E-state index contributed by atoms with van der Waals surface area (Å²) in [6.07, 6.45) is -3.09. The number of aromatic hydroxyl groups is 1. The molecule has 272 valence electrons. The van der Waals surface area contributed by atoms with Crippen LogP contribution in [0, 0.1) is 34.9 Å². The summed E-state index contributed by atoms with van der Waals surface area (Å²) < 4.78 is 55.0. The van der Waals surface area contributed by atoms with Gasteiger partial charge in [0, 0.05) is 23.9 Å². The predicted octanol–water partition coefficient (Wildman–Crippen LogP) is 7.69. The third kappa shape index (κ3) is 5.00. The van der Waals surface area contributed by atoms with Gasteiger partial charge in [-0.05, 0) is 61.4 Å². The summed E-state index contributed by atoms with van der Waals surface area (Å²) in [4.78, 5) is 62.2. The molecule has 9 nitrogen and oxygen atoms in total. The molecule has 4 amide bonds. The minimum Gasteiger partial charge on any atom is -0.507 e. The molecule has 6 unspecified atom stereocenters. The Hall–Kier alpha value is -5.01. The highest BCUT2D eigenvalue weighted by Crippen LogP contribution is 2.65. The van der Waals surface area contributed by atoms with Crippen LogP contribution in [0.5, 0.6) is 5.75 Å². The zero-order valence-corrected chi connectivity index (χ0v) is 29.4. The number of pyridine rings is 1. The monoisotopic (exact) mass is 766 g/mol. The molecule has 2 aliphatic heterocycles. The summed E-state index contributed by atoms with van der Waals surface area (Å²) in [6.45, 7) is 1.63. The molecule has 1 N–H and O–H groups in total. The molecule has 1 saturated carbocycles. The third-order valence-corrected chi connectivity index (χ3v) is 12.0. The first-order valence-electron chi connectivity index (χ1n) is 16.6. The first kappa shape index (κ1) is 35.0. The number of alkyl halides is 3. The van der Waals surface area contributed by atoms with Crippen LogP contribution in [0.4, 0.5) is 29.1 Å². The number of halogens is 6. The molecule has 0 spiro atoms. The van der Waals surface area contributed by atoms with E-state index >= 15 is 0 Å².